The Labute approximate surface area is 115 Å². The van der Waals surface area contributed by atoms with Gasteiger partial charge in [0.05, 0.1) is 12.3 Å². The van der Waals surface area contributed by atoms with E-state index in [2.05, 4.69) is 10.6 Å². The molecule has 7 heteroatoms. The minimum absolute atomic E-state index is 0.157. The Balaban J connectivity index is 2.29. The smallest absolute Gasteiger partial charge is 0.329 e. The lowest BCUT2D eigenvalue weighted by Gasteiger charge is -2.10. The second kappa shape index (κ2) is 8.39. The van der Waals surface area contributed by atoms with Gasteiger partial charge in [-0.25, -0.2) is 9.59 Å². The number of nitrogens with one attached hydrogen (secondary N) is 2. The van der Waals surface area contributed by atoms with Crippen LogP contribution in [-0.2, 0) is 9.53 Å². The Morgan fingerprint density at radius 3 is 2.79 bits per heavy atom. The summed E-state index contributed by atoms with van der Waals surface area (Å²) in [5.74, 6) is -1.03. The van der Waals surface area contributed by atoms with Crippen LogP contribution in [-0.4, -0.2) is 43.1 Å². The molecular formula is C12H16N2O4S. The molecule has 104 valence electrons. The number of hydrogen-bond acceptors (Lipinski definition) is 4. The first-order chi connectivity index (χ1) is 9.13. The summed E-state index contributed by atoms with van der Waals surface area (Å²) in [6.07, 6.45) is 1.93. The molecule has 0 bridgehead atoms. The molecule has 1 aromatic rings. The number of amides is 2. The van der Waals surface area contributed by atoms with E-state index >= 15 is 0 Å². The molecule has 0 spiro atoms. The third kappa shape index (κ3) is 6.12. The van der Waals surface area contributed by atoms with Crippen molar-refractivity contribution < 1.29 is 19.4 Å². The number of carboxylic acid groups (broad SMARTS) is 1. The highest BCUT2D eigenvalue weighted by atomic mass is 32.2. The van der Waals surface area contributed by atoms with E-state index in [0.717, 1.165) is 10.6 Å². The van der Waals surface area contributed by atoms with Gasteiger partial charge in [-0.1, -0.05) is 12.1 Å². The second-order valence-corrected chi connectivity index (χ2v) is 4.38. The van der Waals surface area contributed by atoms with E-state index in [4.69, 9.17) is 9.84 Å². The fraction of sp³-hybridized carbons (Fsp3) is 0.333. The summed E-state index contributed by atoms with van der Waals surface area (Å²) in [7, 11) is 0. The third-order valence-electron chi connectivity index (χ3n) is 2.11. The molecule has 0 aliphatic carbocycles. The van der Waals surface area contributed by atoms with Crippen LogP contribution >= 0.6 is 11.8 Å². The van der Waals surface area contributed by atoms with Crippen LogP contribution in [0.4, 0.5) is 10.5 Å². The summed E-state index contributed by atoms with van der Waals surface area (Å²) >= 11 is 1.54. The first kappa shape index (κ1) is 15.3. The van der Waals surface area contributed by atoms with Gasteiger partial charge >= 0.3 is 12.0 Å². The summed E-state index contributed by atoms with van der Waals surface area (Å²) in [6.45, 7) is 0.0447. The second-order valence-electron chi connectivity index (χ2n) is 3.53. The maximum atomic E-state index is 11.6. The minimum Gasteiger partial charge on any atom is -0.480 e. The number of anilines is 1. The number of hydrogen-bond donors (Lipinski definition) is 3. The van der Waals surface area contributed by atoms with Crippen molar-refractivity contribution in [1.29, 1.82) is 0 Å². The Morgan fingerprint density at radius 1 is 1.37 bits per heavy atom. The quantitative estimate of drug-likeness (QED) is 0.523. The van der Waals surface area contributed by atoms with Gasteiger partial charge in [0, 0.05) is 11.4 Å². The summed E-state index contributed by atoms with van der Waals surface area (Å²) in [5.41, 5.74) is 0.735. The standard InChI is InChI=1S/C12H16N2O4S/c1-19-10-5-3-2-4-9(10)14-12(17)13-6-7-18-8-11(15)16/h2-5H,6-8H2,1H3,(H,15,16)(H2,13,14,17). The van der Waals surface area contributed by atoms with Gasteiger partial charge in [0.15, 0.2) is 0 Å². The Kier molecular flexibility index (Phi) is 6.76. The number of urea groups is 1. The van der Waals surface area contributed by atoms with Crippen LogP contribution in [0.1, 0.15) is 0 Å². The summed E-state index contributed by atoms with van der Waals surface area (Å²) in [6, 6.07) is 7.11. The predicted molar refractivity (Wildman–Crippen MR) is 73.7 cm³/mol. The molecule has 1 rings (SSSR count). The van der Waals surface area contributed by atoms with Gasteiger partial charge in [0.1, 0.15) is 6.61 Å². The van der Waals surface area contributed by atoms with Crippen molar-refractivity contribution in [2.45, 2.75) is 4.90 Å². The molecule has 0 atom stereocenters. The van der Waals surface area contributed by atoms with E-state index in [1.807, 2.05) is 30.5 Å². The van der Waals surface area contributed by atoms with Crippen LogP contribution in [0.2, 0.25) is 0 Å². The first-order valence-electron chi connectivity index (χ1n) is 5.61. The molecule has 0 radical (unpaired) electrons. The van der Waals surface area contributed by atoms with E-state index in [1.54, 1.807) is 11.8 Å². The van der Waals surface area contributed by atoms with E-state index in [9.17, 15) is 9.59 Å². The predicted octanol–water partition coefficient (Wildman–Crippen LogP) is 1.63. The number of carboxylic acids is 1. The average Bonchev–Trinajstić information content (AvgIpc) is 2.38. The molecule has 0 fully saturated rings. The maximum Gasteiger partial charge on any atom is 0.329 e. The zero-order valence-electron chi connectivity index (χ0n) is 10.5. The number of aliphatic carboxylic acids is 1. The molecule has 0 aliphatic rings. The zero-order valence-corrected chi connectivity index (χ0v) is 11.3. The van der Waals surface area contributed by atoms with Crippen LogP contribution < -0.4 is 10.6 Å². The van der Waals surface area contributed by atoms with Crippen molar-refractivity contribution in [2.24, 2.45) is 0 Å². The minimum atomic E-state index is -1.03. The SMILES string of the molecule is CSc1ccccc1NC(=O)NCCOCC(=O)O. The lowest BCUT2D eigenvalue weighted by molar-refractivity contribution is -0.142. The molecule has 0 saturated carbocycles. The van der Waals surface area contributed by atoms with Crippen LogP contribution in [0.25, 0.3) is 0 Å². The highest BCUT2D eigenvalue weighted by Gasteiger charge is 2.05. The highest BCUT2D eigenvalue weighted by molar-refractivity contribution is 7.98. The molecule has 2 amide bonds. The van der Waals surface area contributed by atoms with Crippen LogP contribution in [0.15, 0.2) is 29.2 Å². The van der Waals surface area contributed by atoms with E-state index in [0.29, 0.717) is 0 Å². The molecule has 0 aliphatic heterocycles. The normalized spacial score (nSPS) is 9.95. The Morgan fingerprint density at radius 2 is 2.11 bits per heavy atom. The van der Waals surface area contributed by atoms with Gasteiger partial charge in [-0.05, 0) is 18.4 Å². The molecule has 19 heavy (non-hydrogen) atoms. The lowest BCUT2D eigenvalue weighted by atomic mass is 10.3. The van der Waals surface area contributed by atoms with Crippen molar-refractivity contribution in [2.75, 3.05) is 31.3 Å². The Hall–Kier alpha value is -1.73. The van der Waals surface area contributed by atoms with Gasteiger partial charge in [-0.3, -0.25) is 0 Å². The number of thioether (sulfide) groups is 1. The van der Waals surface area contributed by atoms with Crippen molar-refractivity contribution in [3.8, 4) is 0 Å². The van der Waals surface area contributed by atoms with Crippen molar-refractivity contribution in [3.05, 3.63) is 24.3 Å². The van der Waals surface area contributed by atoms with Gasteiger partial charge in [0.25, 0.3) is 0 Å². The number of carbonyl (C=O) groups excluding carboxylic acids is 1. The summed E-state index contributed by atoms with van der Waals surface area (Å²) in [5, 5.41) is 13.6. The number of carbonyl (C=O) groups is 2. The zero-order chi connectivity index (χ0) is 14.1. The molecule has 3 N–H and O–H groups in total. The fourth-order valence-corrected chi connectivity index (χ4v) is 1.86. The molecule has 1 aromatic carbocycles. The summed E-state index contributed by atoms with van der Waals surface area (Å²) in [4.78, 5) is 22.7. The average molecular weight is 284 g/mol. The molecule has 0 heterocycles. The fourth-order valence-electron chi connectivity index (χ4n) is 1.31. The maximum absolute atomic E-state index is 11.6. The molecular weight excluding hydrogens is 268 g/mol. The largest absolute Gasteiger partial charge is 0.480 e. The van der Waals surface area contributed by atoms with Crippen LogP contribution in [0, 0.1) is 0 Å². The number of rotatable bonds is 7. The van der Waals surface area contributed by atoms with Crippen LogP contribution in [0.5, 0.6) is 0 Å². The molecule has 0 aromatic heterocycles. The number of ether oxygens (including phenoxy) is 1. The molecule has 0 saturated heterocycles. The first-order valence-corrected chi connectivity index (χ1v) is 6.83. The van der Waals surface area contributed by atoms with E-state index in [-0.39, 0.29) is 25.8 Å². The van der Waals surface area contributed by atoms with Crippen LogP contribution in [0.3, 0.4) is 0 Å². The van der Waals surface area contributed by atoms with E-state index in [1.165, 1.54) is 0 Å². The molecule has 6 nitrogen and oxygen atoms in total. The lowest BCUT2D eigenvalue weighted by Crippen LogP contribution is -2.32. The van der Waals surface area contributed by atoms with Crippen molar-refractivity contribution in [1.82, 2.24) is 5.32 Å². The van der Waals surface area contributed by atoms with Gasteiger partial charge in [-0.2, -0.15) is 0 Å². The number of para-hydroxylation sites is 1. The van der Waals surface area contributed by atoms with Gasteiger partial charge in [0.2, 0.25) is 0 Å². The molecule has 0 unspecified atom stereocenters. The topological polar surface area (TPSA) is 87.7 Å². The third-order valence-corrected chi connectivity index (χ3v) is 2.91. The monoisotopic (exact) mass is 284 g/mol. The number of benzene rings is 1. The summed E-state index contributed by atoms with van der Waals surface area (Å²) < 4.78 is 4.79. The Bertz CT molecular complexity index is 439. The van der Waals surface area contributed by atoms with Gasteiger partial charge < -0.3 is 20.5 Å². The highest BCUT2D eigenvalue weighted by Crippen LogP contribution is 2.24. The van der Waals surface area contributed by atoms with Crippen molar-refractivity contribution in [3.63, 3.8) is 0 Å². The van der Waals surface area contributed by atoms with Crippen molar-refractivity contribution >= 4 is 29.4 Å². The van der Waals surface area contributed by atoms with Gasteiger partial charge in [-0.15, -0.1) is 11.8 Å². The van der Waals surface area contributed by atoms with E-state index < -0.39 is 5.97 Å².